The van der Waals surface area contributed by atoms with Crippen LogP contribution in [0.5, 0.6) is 0 Å². The van der Waals surface area contributed by atoms with Crippen LogP contribution in [0.25, 0.3) is 0 Å². The maximum atomic E-state index is 12.4. The third-order valence-corrected chi connectivity index (χ3v) is 7.12. The third kappa shape index (κ3) is 3.71. The molecule has 1 N–H and O–H groups in total. The van der Waals surface area contributed by atoms with Gasteiger partial charge in [0.25, 0.3) is 5.91 Å². The summed E-state index contributed by atoms with van der Waals surface area (Å²) in [6.45, 7) is 5.62. The second-order valence-electron chi connectivity index (χ2n) is 7.12. The first kappa shape index (κ1) is 18.7. The number of sulfone groups is 1. The molecule has 0 saturated heterocycles. The lowest BCUT2D eigenvalue weighted by atomic mass is 9.78. The predicted molar refractivity (Wildman–Crippen MR) is 101 cm³/mol. The second-order valence-corrected chi connectivity index (χ2v) is 10.4. The van der Waals surface area contributed by atoms with Crippen LogP contribution in [0.15, 0.2) is 29.2 Å². The number of fused-ring (bicyclic) bond motifs is 1. The van der Waals surface area contributed by atoms with Gasteiger partial charge in [0.05, 0.1) is 21.2 Å². The highest BCUT2D eigenvalue weighted by Gasteiger charge is 2.34. The zero-order valence-electron chi connectivity index (χ0n) is 14.8. The molecule has 1 heterocycles. The van der Waals surface area contributed by atoms with E-state index in [9.17, 15) is 18.0 Å². The average Bonchev–Trinajstić information content (AvgIpc) is 2.96. The Kier molecular flexibility index (Phi) is 4.74. The van der Waals surface area contributed by atoms with Crippen LogP contribution >= 0.6 is 11.3 Å². The number of carbonyl (C=O) groups is 2. The fourth-order valence-corrected chi connectivity index (χ4v) is 4.72. The highest BCUT2D eigenvalue weighted by Crippen LogP contribution is 2.38. The summed E-state index contributed by atoms with van der Waals surface area (Å²) in [4.78, 5) is 29.8. The van der Waals surface area contributed by atoms with Gasteiger partial charge < -0.3 is 0 Å². The minimum Gasteiger partial charge on any atom is -0.298 e. The van der Waals surface area contributed by atoms with Gasteiger partial charge in [-0.3, -0.25) is 14.9 Å². The first-order chi connectivity index (χ1) is 12.1. The first-order valence-electron chi connectivity index (χ1n) is 8.28. The largest absolute Gasteiger partial charge is 0.298 e. The monoisotopic (exact) mass is 392 g/mol. The van der Waals surface area contributed by atoms with E-state index in [4.69, 9.17) is 0 Å². The van der Waals surface area contributed by atoms with Crippen molar-refractivity contribution in [1.29, 1.82) is 0 Å². The number of thiazole rings is 1. The molecule has 1 aliphatic carbocycles. The zero-order valence-corrected chi connectivity index (χ0v) is 16.5. The lowest BCUT2D eigenvalue weighted by Gasteiger charge is -2.26. The molecule has 2 aromatic rings. The Morgan fingerprint density at radius 3 is 2.50 bits per heavy atom. The lowest BCUT2D eigenvalue weighted by Crippen LogP contribution is -2.26. The van der Waals surface area contributed by atoms with Crippen molar-refractivity contribution in [1.82, 2.24) is 4.98 Å². The van der Waals surface area contributed by atoms with Gasteiger partial charge in [-0.2, -0.15) is 0 Å². The van der Waals surface area contributed by atoms with E-state index >= 15 is 0 Å². The Hall–Kier alpha value is -2.06. The molecule has 0 aliphatic heterocycles. The van der Waals surface area contributed by atoms with Gasteiger partial charge in [0.1, 0.15) is 0 Å². The number of Topliss-reactive ketones (excluding diaryl/α,β-unsaturated/α-hetero) is 1. The van der Waals surface area contributed by atoms with E-state index in [1.807, 2.05) is 13.8 Å². The summed E-state index contributed by atoms with van der Waals surface area (Å²) in [6, 6.07) is 5.79. The van der Waals surface area contributed by atoms with E-state index in [2.05, 4.69) is 10.3 Å². The average molecular weight is 393 g/mol. The molecule has 0 saturated carbocycles. The fraction of sp³-hybridized carbons (Fsp3) is 0.389. The van der Waals surface area contributed by atoms with Gasteiger partial charge in [-0.25, -0.2) is 13.4 Å². The topological polar surface area (TPSA) is 93.2 Å². The van der Waals surface area contributed by atoms with Crippen LogP contribution in [0, 0.1) is 5.41 Å². The number of rotatable bonds is 4. The number of carbonyl (C=O) groups excluding carboxylic acids is 2. The van der Waals surface area contributed by atoms with Gasteiger partial charge in [-0.05, 0) is 36.1 Å². The van der Waals surface area contributed by atoms with E-state index in [-0.39, 0.29) is 27.8 Å². The van der Waals surface area contributed by atoms with E-state index < -0.39 is 9.84 Å². The Morgan fingerprint density at radius 1 is 1.23 bits per heavy atom. The summed E-state index contributed by atoms with van der Waals surface area (Å²) in [5.74, 6) is -0.320. The highest BCUT2D eigenvalue weighted by atomic mass is 32.2. The van der Waals surface area contributed by atoms with Crippen LogP contribution < -0.4 is 5.32 Å². The molecular weight excluding hydrogens is 372 g/mol. The molecule has 1 aromatic heterocycles. The standard InChI is InChI=1S/C18H20N2O4S2/c1-4-26(23,24)12-7-5-11(6-8-12)16(22)20-17-19-13-9-18(2,3)10-14(21)15(13)25-17/h5-8H,4,9-10H2,1-3H3,(H,19,20,22). The number of aromatic nitrogens is 1. The molecule has 1 aromatic carbocycles. The van der Waals surface area contributed by atoms with Crippen LogP contribution in [-0.4, -0.2) is 30.8 Å². The van der Waals surface area contributed by atoms with Gasteiger partial charge >= 0.3 is 0 Å². The molecule has 1 aliphatic rings. The number of hydrogen-bond acceptors (Lipinski definition) is 6. The lowest BCUT2D eigenvalue weighted by molar-refractivity contribution is 0.0915. The fourth-order valence-electron chi connectivity index (χ4n) is 2.92. The number of anilines is 1. The number of benzene rings is 1. The molecule has 8 heteroatoms. The summed E-state index contributed by atoms with van der Waals surface area (Å²) in [5.41, 5.74) is 0.941. The quantitative estimate of drug-likeness (QED) is 0.861. The van der Waals surface area contributed by atoms with Crippen LogP contribution in [0.4, 0.5) is 5.13 Å². The van der Waals surface area contributed by atoms with Crippen LogP contribution in [0.3, 0.4) is 0 Å². The molecule has 26 heavy (non-hydrogen) atoms. The van der Waals surface area contributed by atoms with Gasteiger partial charge in [-0.1, -0.05) is 32.1 Å². The van der Waals surface area contributed by atoms with E-state index in [0.717, 1.165) is 5.69 Å². The minimum atomic E-state index is -3.30. The van der Waals surface area contributed by atoms with E-state index in [1.165, 1.54) is 35.6 Å². The van der Waals surface area contributed by atoms with E-state index in [1.54, 1.807) is 6.92 Å². The molecular formula is C18H20N2O4S2. The van der Waals surface area contributed by atoms with Crippen molar-refractivity contribution in [3.8, 4) is 0 Å². The van der Waals surface area contributed by atoms with Gasteiger partial charge in [0, 0.05) is 12.0 Å². The van der Waals surface area contributed by atoms with Crippen molar-refractivity contribution >= 4 is 38.0 Å². The third-order valence-electron chi connectivity index (χ3n) is 4.31. The van der Waals surface area contributed by atoms with E-state index in [0.29, 0.717) is 28.4 Å². The maximum Gasteiger partial charge on any atom is 0.257 e. The Bertz CT molecular complexity index is 973. The normalized spacial score (nSPS) is 16.2. The molecule has 1 amide bonds. The smallest absolute Gasteiger partial charge is 0.257 e. The number of nitrogens with one attached hydrogen (secondary N) is 1. The molecule has 6 nitrogen and oxygen atoms in total. The molecule has 0 radical (unpaired) electrons. The van der Waals surface area contributed by atoms with Crippen molar-refractivity contribution in [2.24, 2.45) is 5.41 Å². The Balaban J connectivity index is 1.78. The van der Waals surface area contributed by atoms with Crippen molar-refractivity contribution in [2.45, 2.75) is 38.5 Å². The van der Waals surface area contributed by atoms with Gasteiger partial charge in [0.2, 0.25) is 0 Å². The molecule has 0 unspecified atom stereocenters. The molecule has 0 fully saturated rings. The molecule has 138 valence electrons. The number of hydrogen-bond donors (Lipinski definition) is 1. The van der Waals surface area contributed by atoms with Gasteiger partial charge in [0.15, 0.2) is 20.8 Å². The summed E-state index contributed by atoms with van der Waals surface area (Å²) in [6.07, 6.45) is 1.17. The number of nitrogens with zero attached hydrogens (tertiary/aromatic N) is 1. The van der Waals surface area contributed by atoms with Crippen molar-refractivity contribution in [2.75, 3.05) is 11.1 Å². The summed E-state index contributed by atoms with van der Waals surface area (Å²) >= 11 is 1.19. The highest BCUT2D eigenvalue weighted by molar-refractivity contribution is 7.91. The van der Waals surface area contributed by atoms with Crippen LogP contribution in [0.2, 0.25) is 0 Å². The molecule has 0 bridgehead atoms. The number of amides is 1. The summed E-state index contributed by atoms with van der Waals surface area (Å²) in [5, 5.41) is 3.09. The zero-order chi connectivity index (χ0) is 19.1. The maximum absolute atomic E-state index is 12.4. The van der Waals surface area contributed by atoms with Crippen molar-refractivity contribution in [3.63, 3.8) is 0 Å². The van der Waals surface area contributed by atoms with Crippen LogP contribution in [-0.2, 0) is 16.3 Å². The van der Waals surface area contributed by atoms with Gasteiger partial charge in [-0.15, -0.1) is 0 Å². The van der Waals surface area contributed by atoms with Crippen molar-refractivity contribution in [3.05, 3.63) is 40.4 Å². The Morgan fingerprint density at radius 2 is 1.88 bits per heavy atom. The molecule has 3 rings (SSSR count). The minimum absolute atomic E-state index is 0.00753. The summed E-state index contributed by atoms with van der Waals surface area (Å²) in [7, 11) is -3.30. The molecule has 0 spiro atoms. The molecule has 0 atom stereocenters. The van der Waals surface area contributed by atoms with Crippen LogP contribution in [0.1, 0.15) is 52.9 Å². The number of ketones is 1. The predicted octanol–water partition coefficient (Wildman–Crippen LogP) is 3.34. The SMILES string of the molecule is CCS(=O)(=O)c1ccc(C(=O)Nc2nc3c(s2)C(=O)CC(C)(C)C3)cc1. The first-order valence-corrected chi connectivity index (χ1v) is 10.8. The second kappa shape index (κ2) is 6.59. The summed E-state index contributed by atoms with van der Waals surface area (Å²) < 4.78 is 23.7. The van der Waals surface area contributed by atoms with Crippen molar-refractivity contribution < 1.29 is 18.0 Å². The Labute approximate surface area is 156 Å².